The van der Waals surface area contributed by atoms with Crippen LogP contribution in [0.5, 0.6) is 0 Å². The van der Waals surface area contributed by atoms with Crippen LogP contribution in [-0.2, 0) is 0 Å². The summed E-state index contributed by atoms with van der Waals surface area (Å²) in [6.07, 6.45) is 3.73. The van der Waals surface area contributed by atoms with Crippen molar-refractivity contribution in [3.8, 4) is 39.1 Å². The molecule has 0 N–H and O–H groups in total. The molecule has 3 heterocycles. The average molecular weight is 897 g/mol. The lowest BCUT2D eigenvalue weighted by atomic mass is 9.99. The Bertz CT molecular complexity index is 3960. The summed E-state index contributed by atoms with van der Waals surface area (Å²) in [5.41, 5.74) is 17.9. The Morgan fingerprint density at radius 2 is 0.857 bits per heavy atom. The Kier molecular flexibility index (Phi) is 10.1. The van der Waals surface area contributed by atoms with Gasteiger partial charge in [-0.2, -0.15) is 0 Å². The number of furan rings is 1. The van der Waals surface area contributed by atoms with Gasteiger partial charge >= 0.3 is 0 Å². The van der Waals surface area contributed by atoms with E-state index in [1.165, 1.54) is 21.9 Å². The lowest BCUT2D eigenvalue weighted by molar-refractivity contribution is 0.669. The predicted molar refractivity (Wildman–Crippen MR) is 292 cm³/mol. The number of anilines is 6. The second-order valence-corrected chi connectivity index (χ2v) is 17.6. The van der Waals surface area contributed by atoms with Crippen LogP contribution in [0.2, 0.25) is 0 Å². The van der Waals surface area contributed by atoms with E-state index in [9.17, 15) is 0 Å². The molecule has 330 valence electrons. The number of para-hydroxylation sites is 4. The lowest BCUT2D eigenvalue weighted by Gasteiger charge is -2.29. The number of aromatic nitrogens is 2. The van der Waals surface area contributed by atoms with Crippen molar-refractivity contribution in [2.75, 3.05) is 9.80 Å². The fraction of sp³-hybridized carbons (Fsp3) is 0. The molecular formula is C65H44N4O. The van der Waals surface area contributed by atoms with E-state index in [0.717, 1.165) is 95.0 Å². The van der Waals surface area contributed by atoms with Crippen LogP contribution in [0.3, 0.4) is 0 Å². The zero-order chi connectivity index (χ0) is 46.4. The topological polar surface area (TPSA) is 37.4 Å². The van der Waals surface area contributed by atoms with Crippen molar-refractivity contribution in [3.05, 3.63) is 267 Å². The van der Waals surface area contributed by atoms with Crippen LogP contribution in [0.1, 0.15) is 0 Å². The minimum atomic E-state index is 0.795. The Morgan fingerprint density at radius 3 is 1.50 bits per heavy atom. The fourth-order valence-corrected chi connectivity index (χ4v) is 10.2. The first kappa shape index (κ1) is 40.8. The molecule has 0 spiro atoms. The van der Waals surface area contributed by atoms with Gasteiger partial charge in [0.05, 0.1) is 16.7 Å². The smallest absolute Gasteiger partial charge is 0.159 e. The second kappa shape index (κ2) is 17.3. The van der Waals surface area contributed by atoms with Gasteiger partial charge in [-0.25, -0.2) is 0 Å². The van der Waals surface area contributed by atoms with E-state index in [0.29, 0.717) is 0 Å². The Labute approximate surface area is 406 Å². The molecule has 0 radical (unpaired) electrons. The summed E-state index contributed by atoms with van der Waals surface area (Å²) < 4.78 is 9.53. The highest BCUT2D eigenvalue weighted by molar-refractivity contribution is 6.16. The first-order valence-corrected chi connectivity index (χ1v) is 23.7. The number of hydrogen-bond acceptors (Lipinski definition) is 4. The van der Waals surface area contributed by atoms with Crippen molar-refractivity contribution in [2.24, 2.45) is 0 Å². The molecule has 0 aliphatic heterocycles. The maximum atomic E-state index is 7.16. The maximum Gasteiger partial charge on any atom is 0.159 e. The van der Waals surface area contributed by atoms with Crippen molar-refractivity contribution in [2.45, 2.75) is 0 Å². The summed E-state index contributed by atoms with van der Waals surface area (Å²) in [6.45, 7) is 0. The van der Waals surface area contributed by atoms with Gasteiger partial charge in [0, 0.05) is 73.6 Å². The molecule has 5 nitrogen and oxygen atoms in total. The molecule has 0 saturated carbocycles. The van der Waals surface area contributed by atoms with Gasteiger partial charge in [0.1, 0.15) is 5.58 Å². The third kappa shape index (κ3) is 7.16. The Morgan fingerprint density at radius 1 is 0.343 bits per heavy atom. The maximum absolute atomic E-state index is 7.16. The molecule has 13 rings (SSSR count). The van der Waals surface area contributed by atoms with Gasteiger partial charge in [-0.05, 0) is 119 Å². The average Bonchev–Trinajstić information content (AvgIpc) is 3.99. The number of pyridine rings is 1. The van der Waals surface area contributed by atoms with Crippen molar-refractivity contribution in [1.29, 1.82) is 0 Å². The number of rotatable bonds is 10. The molecule has 0 atom stereocenters. The van der Waals surface area contributed by atoms with E-state index in [2.05, 4.69) is 274 Å². The standard InChI is InChI=1S/C65H44N4O/c1-5-16-45(17-6-1)47-28-33-52(34-29-47)67(50-20-9-3-10-21-50)55-43-60-59-42-49(56-25-15-26-58-57-24-13-14-27-61(57)69(64(56)58)54-38-40-66-41-39-54)32-37-63(59)70-65(60)62(44-55)68(51-22-11-4-12-23-51)53-35-30-48(31-36-53)46-18-7-2-8-19-46/h1-44H. The minimum absolute atomic E-state index is 0.795. The largest absolute Gasteiger partial charge is 0.454 e. The highest BCUT2D eigenvalue weighted by Gasteiger charge is 2.25. The summed E-state index contributed by atoms with van der Waals surface area (Å²) in [6, 6.07) is 90.9. The summed E-state index contributed by atoms with van der Waals surface area (Å²) in [7, 11) is 0. The SMILES string of the molecule is c1ccc(-c2ccc(N(c3ccccc3)c3cc(N(c4ccccc4)c4ccc(-c5ccccc5)cc4)c4oc5ccc(-c6cccc7c8ccccc8n(-c8ccncc8)c67)cc5c4c3)cc2)cc1. The first-order valence-electron chi connectivity index (χ1n) is 23.7. The molecule has 0 aliphatic rings. The molecule has 13 aromatic rings. The monoisotopic (exact) mass is 896 g/mol. The summed E-state index contributed by atoms with van der Waals surface area (Å²) >= 11 is 0. The van der Waals surface area contributed by atoms with E-state index in [4.69, 9.17) is 4.42 Å². The van der Waals surface area contributed by atoms with E-state index in [-0.39, 0.29) is 0 Å². The van der Waals surface area contributed by atoms with E-state index < -0.39 is 0 Å². The summed E-state index contributed by atoms with van der Waals surface area (Å²) in [5.74, 6) is 0. The highest BCUT2D eigenvalue weighted by atomic mass is 16.3. The third-order valence-electron chi connectivity index (χ3n) is 13.5. The van der Waals surface area contributed by atoms with Crippen LogP contribution in [0, 0.1) is 0 Å². The molecule has 0 unspecified atom stereocenters. The van der Waals surface area contributed by atoms with Crippen LogP contribution in [0.15, 0.2) is 272 Å². The molecule has 0 amide bonds. The summed E-state index contributed by atoms with van der Waals surface area (Å²) in [5, 5.41) is 4.44. The van der Waals surface area contributed by atoms with E-state index in [1.54, 1.807) is 0 Å². The Hall–Kier alpha value is -9.45. The van der Waals surface area contributed by atoms with Crippen LogP contribution >= 0.6 is 0 Å². The fourth-order valence-electron chi connectivity index (χ4n) is 10.2. The molecule has 70 heavy (non-hydrogen) atoms. The number of hydrogen-bond donors (Lipinski definition) is 0. The minimum Gasteiger partial charge on any atom is -0.454 e. The molecule has 0 saturated heterocycles. The first-order chi connectivity index (χ1) is 34.7. The van der Waals surface area contributed by atoms with Gasteiger partial charge in [-0.3, -0.25) is 4.98 Å². The third-order valence-corrected chi connectivity index (χ3v) is 13.5. The molecular weight excluding hydrogens is 853 g/mol. The molecule has 10 aromatic carbocycles. The highest BCUT2D eigenvalue weighted by Crippen LogP contribution is 2.48. The molecule has 3 aromatic heterocycles. The van der Waals surface area contributed by atoms with E-state index >= 15 is 0 Å². The van der Waals surface area contributed by atoms with Gasteiger partial charge in [0.2, 0.25) is 0 Å². The Balaban J connectivity index is 1.07. The summed E-state index contributed by atoms with van der Waals surface area (Å²) in [4.78, 5) is 9.06. The number of nitrogens with zero attached hydrogens (tertiary/aromatic N) is 4. The zero-order valence-corrected chi connectivity index (χ0v) is 38.1. The lowest BCUT2D eigenvalue weighted by Crippen LogP contribution is -2.13. The predicted octanol–water partition coefficient (Wildman–Crippen LogP) is 18.0. The number of fused-ring (bicyclic) bond motifs is 6. The second-order valence-electron chi connectivity index (χ2n) is 17.6. The van der Waals surface area contributed by atoms with Gasteiger partial charge in [-0.15, -0.1) is 0 Å². The van der Waals surface area contributed by atoms with Gasteiger partial charge in [0.15, 0.2) is 5.58 Å². The van der Waals surface area contributed by atoms with Crippen molar-refractivity contribution < 1.29 is 4.42 Å². The molecule has 0 aliphatic carbocycles. The quantitative estimate of drug-likeness (QED) is 0.137. The van der Waals surface area contributed by atoms with Gasteiger partial charge in [-0.1, -0.05) is 164 Å². The van der Waals surface area contributed by atoms with Crippen LogP contribution in [0.4, 0.5) is 34.1 Å². The van der Waals surface area contributed by atoms with E-state index in [1.807, 2.05) is 12.4 Å². The van der Waals surface area contributed by atoms with Gasteiger partial charge in [0.25, 0.3) is 0 Å². The van der Waals surface area contributed by atoms with Crippen LogP contribution < -0.4 is 9.80 Å². The normalized spacial score (nSPS) is 11.4. The van der Waals surface area contributed by atoms with Crippen molar-refractivity contribution in [1.82, 2.24) is 9.55 Å². The number of benzene rings is 10. The van der Waals surface area contributed by atoms with Crippen molar-refractivity contribution in [3.63, 3.8) is 0 Å². The van der Waals surface area contributed by atoms with Crippen molar-refractivity contribution >= 4 is 77.9 Å². The molecule has 5 heteroatoms. The van der Waals surface area contributed by atoms with Crippen LogP contribution in [0.25, 0.3) is 82.8 Å². The molecule has 0 bridgehead atoms. The van der Waals surface area contributed by atoms with Gasteiger partial charge < -0.3 is 18.8 Å². The molecule has 0 fully saturated rings. The zero-order valence-electron chi connectivity index (χ0n) is 38.1. The van der Waals surface area contributed by atoms with Crippen LogP contribution in [-0.4, -0.2) is 9.55 Å².